The van der Waals surface area contributed by atoms with Gasteiger partial charge in [0.25, 0.3) is 5.91 Å². The maximum Gasteiger partial charge on any atom is 0.259 e. The first-order chi connectivity index (χ1) is 9.10. The first kappa shape index (κ1) is 12.9. The van der Waals surface area contributed by atoms with Crippen LogP contribution in [0.5, 0.6) is 11.5 Å². The topological polar surface area (TPSA) is 58.6 Å². The van der Waals surface area contributed by atoms with E-state index >= 15 is 0 Å². The third-order valence-corrected chi connectivity index (χ3v) is 2.55. The highest BCUT2D eigenvalue weighted by Gasteiger charge is 2.12. The lowest BCUT2D eigenvalue weighted by Crippen LogP contribution is -2.12. The van der Waals surface area contributed by atoms with E-state index in [1.807, 2.05) is 0 Å². The molecule has 0 radical (unpaired) electrons. The fraction of sp³-hybridized carbons (Fsp3) is 0.0714. The minimum absolute atomic E-state index is 0.0867. The summed E-state index contributed by atoms with van der Waals surface area (Å²) < 4.78 is 17.7. The predicted octanol–water partition coefficient (Wildman–Crippen LogP) is 2.79. The van der Waals surface area contributed by atoms with Crippen molar-refractivity contribution in [1.29, 1.82) is 0 Å². The van der Waals surface area contributed by atoms with Gasteiger partial charge in [0.15, 0.2) is 0 Å². The van der Waals surface area contributed by atoms with Gasteiger partial charge >= 0.3 is 0 Å². The zero-order valence-electron chi connectivity index (χ0n) is 10.2. The number of nitrogens with one attached hydrogen (secondary N) is 1. The molecule has 0 heterocycles. The zero-order chi connectivity index (χ0) is 13.8. The van der Waals surface area contributed by atoms with E-state index < -0.39 is 5.91 Å². The number of benzene rings is 2. The average molecular weight is 261 g/mol. The first-order valence-corrected chi connectivity index (χ1v) is 5.54. The Morgan fingerprint density at radius 1 is 1.21 bits per heavy atom. The normalized spacial score (nSPS) is 10.0. The Bertz CT molecular complexity index is 596. The van der Waals surface area contributed by atoms with Crippen LogP contribution in [0.4, 0.5) is 10.1 Å². The second kappa shape index (κ2) is 5.39. The standard InChI is InChI=1S/C14H12FNO3/c1-19-11-6-7-13(17)12(8-11)14(18)16-10-4-2-9(15)3-5-10/h2-8,17H,1H3,(H,16,18). The SMILES string of the molecule is COc1ccc(O)c(C(=O)Nc2ccc(F)cc2)c1. The molecule has 0 atom stereocenters. The number of carbonyl (C=O) groups is 1. The van der Waals surface area contributed by atoms with E-state index in [-0.39, 0.29) is 17.1 Å². The number of hydrogen-bond donors (Lipinski definition) is 2. The molecule has 0 aliphatic heterocycles. The lowest BCUT2D eigenvalue weighted by Gasteiger charge is -2.08. The van der Waals surface area contributed by atoms with Crippen molar-refractivity contribution in [3.63, 3.8) is 0 Å². The summed E-state index contributed by atoms with van der Waals surface area (Å²) in [5, 5.41) is 12.2. The Balaban J connectivity index is 2.22. The summed E-state index contributed by atoms with van der Waals surface area (Å²) in [6.45, 7) is 0. The summed E-state index contributed by atoms with van der Waals surface area (Å²) in [6, 6.07) is 9.69. The van der Waals surface area contributed by atoms with Crippen molar-refractivity contribution in [3.8, 4) is 11.5 Å². The Hall–Kier alpha value is -2.56. The maximum atomic E-state index is 12.7. The molecular weight excluding hydrogens is 249 g/mol. The molecule has 0 unspecified atom stereocenters. The third kappa shape index (κ3) is 3.01. The molecule has 1 amide bonds. The highest BCUT2D eigenvalue weighted by molar-refractivity contribution is 6.06. The second-order valence-electron chi connectivity index (χ2n) is 3.84. The molecule has 0 bridgehead atoms. The molecule has 5 heteroatoms. The summed E-state index contributed by atoms with van der Waals surface area (Å²) in [7, 11) is 1.47. The van der Waals surface area contributed by atoms with Crippen molar-refractivity contribution >= 4 is 11.6 Å². The number of aromatic hydroxyl groups is 1. The van der Waals surface area contributed by atoms with Crippen molar-refractivity contribution < 1.29 is 19.0 Å². The van der Waals surface area contributed by atoms with Crippen molar-refractivity contribution in [3.05, 3.63) is 53.8 Å². The molecule has 0 saturated heterocycles. The van der Waals surface area contributed by atoms with Crippen LogP contribution in [0.15, 0.2) is 42.5 Å². The highest BCUT2D eigenvalue weighted by atomic mass is 19.1. The molecule has 0 aliphatic rings. The number of rotatable bonds is 3. The third-order valence-electron chi connectivity index (χ3n) is 2.55. The van der Waals surface area contributed by atoms with E-state index in [1.54, 1.807) is 6.07 Å². The van der Waals surface area contributed by atoms with E-state index in [4.69, 9.17) is 4.74 Å². The molecule has 0 spiro atoms. The summed E-state index contributed by atoms with van der Waals surface area (Å²) in [4.78, 5) is 12.0. The van der Waals surface area contributed by atoms with Crippen LogP contribution >= 0.6 is 0 Å². The summed E-state index contributed by atoms with van der Waals surface area (Å²) >= 11 is 0. The molecule has 4 nitrogen and oxygen atoms in total. The van der Waals surface area contributed by atoms with Gasteiger partial charge in [-0.05, 0) is 42.5 Å². The highest BCUT2D eigenvalue weighted by Crippen LogP contribution is 2.23. The molecule has 0 fully saturated rings. The quantitative estimate of drug-likeness (QED) is 0.893. The Morgan fingerprint density at radius 3 is 2.53 bits per heavy atom. The van der Waals surface area contributed by atoms with Crippen LogP contribution < -0.4 is 10.1 Å². The van der Waals surface area contributed by atoms with E-state index in [9.17, 15) is 14.3 Å². The molecular formula is C14H12FNO3. The van der Waals surface area contributed by atoms with Gasteiger partial charge < -0.3 is 15.2 Å². The number of ether oxygens (including phenoxy) is 1. The zero-order valence-corrected chi connectivity index (χ0v) is 10.2. The molecule has 0 aliphatic carbocycles. The molecule has 2 aromatic carbocycles. The van der Waals surface area contributed by atoms with Gasteiger partial charge in [0.1, 0.15) is 17.3 Å². The van der Waals surface area contributed by atoms with Gasteiger partial charge in [0.05, 0.1) is 12.7 Å². The largest absolute Gasteiger partial charge is 0.507 e. The van der Waals surface area contributed by atoms with Crippen molar-refractivity contribution in [2.24, 2.45) is 0 Å². The smallest absolute Gasteiger partial charge is 0.259 e. The Labute approximate surface area is 109 Å². The Morgan fingerprint density at radius 2 is 1.89 bits per heavy atom. The van der Waals surface area contributed by atoms with E-state index in [1.165, 1.54) is 43.5 Å². The van der Waals surface area contributed by atoms with Crippen LogP contribution in [0, 0.1) is 5.82 Å². The Kier molecular flexibility index (Phi) is 3.66. The minimum atomic E-state index is -0.497. The van der Waals surface area contributed by atoms with Gasteiger partial charge in [-0.2, -0.15) is 0 Å². The molecule has 2 rings (SSSR count). The van der Waals surface area contributed by atoms with Crippen molar-refractivity contribution in [2.45, 2.75) is 0 Å². The van der Waals surface area contributed by atoms with Gasteiger partial charge in [-0.15, -0.1) is 0 Å². The van der Waals surface area contributed by atoms with Crippen LogP contribution in [0.1, 0.15) is 10.4 Å². The number of halogens is 1. The fourth-order valence-corrected chi connectivity index (χ4v) is 1.56. The summed E-state index contributed by atoms with van der Waals surface area (Å²) in [5.74, 6) is -0.576. The van der Waals surface area contributed by atoms with Crippen molar-refractivity contribution in [2.75, 3.05) is 12.4 Å². The first-order valence-electron chi connectivity index (χ1n) is 5.54. The number of carbonyl (C=O) groups excluding carboxylic acids is 1. The number of methoxy groups -OCH3 is 1. The van der Waals surface area contributed by atoms with Crippen LogP contribution in [-0.4, -0.2) is 18.1 Å². The predicted molar refractivity (Wildman–Crippen MR) is 69.0 cm³/mol. The van der Waals surface area contributed by atoms with Crippen LogP contribution in [0.3, 0.4) is 0 Å². The minimum Gasteiger partial charge on any atom is -0.507 e. The van der Waals surface area contributed by atoms with E-state index in [0.29, 0.717) is 11.4 Å². The van der Waals surface area contributed by atoms with Crippen LogP contribution in [-0.2, 0) is 0 Å². The number of hydrogen-bond acceptors (Lipinski definition) is 3. The number of anilines is 1. The van der Waals surface area contributed by atoms with Gasteiger partial charge in [-0.25, -0.2) is 4.39 Å². The second-order valence-corrected chi connectivity index (χ2v) is 3.84. The molecule has 0 saturated carbocycles. The van der Waals surface area contributed by atoms with Gasteiger partial charge in [0, 0.05) is 5.69 Å². The van der Waals surface area contributed by atoms with Gasteiger partial charge in [-0.1, -0.05) is 0 Å². The molecule has 98 valence electrons. The molecule has 0 aromatic heterocycles. The van der Waals surface area contributed by atoms with E-state index in [0.717, 1.165) is 0 Å². The maximum absolute atomic E-state index is 12.7. The molecule has 2 aromatic rings. The molecule has 2 N–H and O–H groups in total. The molecule has 19 heavy (non-hydrogen) atoms. The van der Waals surface area contributed by atoms with Crippen molar-refractivity contribution in [1.82, 2.24) is 0 Å². The lowest BCUT2D eigenvalue weighted by molar-refractivity contribution is 0.102. The number of phenolic OH excluding ortho intramolecular Hbond substituents is 1. The summed E-state index contributed by atoms with van der Waals surface area (Å²) in [6.07, 6.45) is 0. The monoisotopic (exact) mass is 261 g/mol. The number of phenols is 1. The number of amides is 1. The average Bonchev–Trinajstić information content (AvgIpc) is 2.42. The fourth-order valence-electron chi connectivity index (χ4n) is 1.56. The van der Waals surface area contributed by atoms with Crippen LogP contribution in [0.2, 0.25) is 0 Å². The van der Waals surface area contributed by atoms with Gasteiger partial charge in [-0.3, -0.25) is 4.79 Å². The van der Waals surface area contributed by atoms with Crippen LogP contribution in [0.25, 0.3) is 0 Å². The summed E-state index contributed by atoms with van der Waals surface area (Å²) in [5.41, 5.74) is 0.525. The van der Waals surface area contributed by atoms with E-state index in [2.05, 4.69) is 5.32 Å². The van der Waals surface area contributed by atoms with Gasteiger partial charge in [0.2, 0.25) is 0 Å². The lowest BCUT2D eigenvalue weighted by atomic mass is 10.1.